The van der Waals surface area contributed by atoms with Gasteiger partial charge in [0.15, 0.2) is 0 Å². The second-order valence-electron chi connectivity index (χ2n) is 4.61. The molecule has 0 aromatic heterocycles. The molecule has 3 heteroatoms. The third-order valence-corrected chi connectivity index (χ3v) is 4.08. The van der Waals surface area contributed by atoms with Crippen LogP contribution in [0.15, 0.2) is 53.4 Å². The van der Waals surface area contributed by atoms with E-state index >= 15 is 0 Å². The molecule has 0 saturated carbocycles. The highest BCUT2D eigenvalue weighted by Crippen LogP contribution is 2.26. The van der Waals surface area contributed by atoms with E-state index in [9.17, 15) is 4.79 Å². The van der Waals surface area contributed by atoms with Crippen molar-refractivity contribution in [1.29, 1.82) is 0 Å². The first kappa shape index (κ1) is 14.7. The Balaban J connectivity index is 1.91. The van der Waals surface area contributed by atoms with Crippen LogP contribution in [0.4, 0.5) is 0 Å². The Hall–Kier alpha value is -1.74. The minimum Gasteiger partial charge on any atom is -0.427 e. The van der Waals surface area contributed by atoms with Gasteiger partial charge in [-0.15, -0.1) is 11.8 Å². The zero-order valence-electron chi connectivity index (χ0n) is 11.8. The van der Waals surface area contributed by atoms with Crippen LogP contribution in [0, 0.1) is 6.92 Å². The standard InChI is InChI=1S/C17H18O2S/c1-13-12-16(19-14(2)18)8-9-17(13)20-11-10-15-6-4-3-5-7-15/h3-9,12H,10-11H2,1-2H3. The van der Waals surface area contributed by atoms with Gasteiger partial charge in [0.25, 0.3) is 0 Å². The van der Waals surface area contributed by atoms with Crippen LogP contribution in [0.1, 0.15) is 18.1 Å². The number of rotatable bonds is 5. The first-order chi connectivity index (χ1) is 9.65. The van der Waals surface area contributed by atoms with Gasteiger partial charge in [-0.3, -0.25) is 4.79 Å². The van der Waals surface area contributed by atoms with Crippen molar-refractivity contribution in [2.45, 2.75) is 25.2 Å². The monoisotopic (exact) mass is 286 g/mol. The van der Waals surface area contributed by atoms with Crippen LogP contribution in [-0.4, -0.2) is 11.7 Å². The molecule has 0 N–H and O–H groups in total. The van der Waals surface area contributed by atoms with Gasteiger partial charge in [-0.2, -0.15) is 0 Å². The van der Waals surface area contributed by atoms with E-state index in [1.54, 1.807) is 0 Å². The number of carbonyl (C=O) groups is 1. The van der Waals surface area contributed by atoms with E-state index in [0.717, 1.165) is 17.7 Å². The highest BCUT2D eigenvalue weighted by molar-refractivity contribution is 7.99. The van der Waals surface area contributed by atoms with Gasteiger partial charge in [-0.05, 0) is 42.7 Å². The normalized spacial score (nSPS) is 10.3. The summed E-state index contributed by atoms with van der Waals surface area (Å²) in [6, 6.07) is 16.2. The predicted octanol–water partition coefficient (Wildman–Crippen LogP) is 4.26. The lowest BCUT2D eigenvalue weighted by atomic mass is 10.2. The van der Waals surface area contributed by atoms with E-state index in [4.69, 9.17) is 4.74 Å². The molecule has 0 atom stereocenters. The van der Waals surface area contributed by atoms with Crippen LogP contribution >= 0.6 is 11.8 Å². The molecule has 104 valence electrons. The number of esters is 1. The van der Waals surface area contributed by atoms with Gasteiger partial charge in [0.1, 0.15) is 5.75 Å². The molecule has 0 radical (unpaired) electrons. The minimum atomic E-state index is -0.283. The summed E-state index contributed by atoms with van der Waals surface area (Å²) in [7, 11) is 0. The summed E-state index contributed by atoms with van der Waals surface area (Å²) in [5.41, 5.74) is 2.50. The number of thioether (sulfide) groups is 1. The molecule has 2 aromatic carbocycles. The molecule has 0 saturated heterocycles. The Kier molecular flexibility index (Phi) is 5.24. The summed E-state index contributed by atoms with van der Waals surface area (Å²) in [5.74, 6) is 1.37. The third-order valence-electron chi connectivity index (χ3n) is 2.90. The number of benzene rings is 2. The molecular formula is C17H18O2S. The maximum absolute atomic E-state index is 10.9. The summed E-state index contributed by atoms with van der Waals surface area (Å²) in [6.45, 7) is 3.45. The van der Waals surface area contributed by atoms with E-state index in [1.165, 1.54) is 17.4 Å². The Morgan fingerprint density at radius 1 is 1.15 bits per heavy atom. The van der Waals surface area contributed by atoms with Crippen molar-refractivity contribution in [3.05, 3.63) is 59.7 Å². The molecule has 0 unspecified atom stereocenters. The number of hydrogen-bond donors (Lipinski definition) is 0. The van der Waals surface area contributed by atoms with Gasteiger partial charge in [0.2, 0.25) is 0 Å². The second-order valence-corrected chi connectivity index (χ2v) is 5.74. The van der Waals surface area contributed by atoms with Crippen molar-refractivity contribution in [2.24, 2.45) is 0 Å². The molecule has 0 spiro atoms. The molecule has 0 aliphatic rings. The number of ether oxygens (including phenoxy) is 1. The van der Waals surface area contributed by atoms with Crippen LogP contribution in [0.5, 0.6) is 5.75 Å². The molecule has 0 aliphatic heterocycles. The minimum absolute atomic E-state index is 0.283. The van der Waals surface area contributed by atoms with Crippen molar-refractivity contribution >= 4 is 17.7 Å². The third kappa shape index (κ3) is 4.42. The molecule has 2 aromatic rings. The summed E-state index contributed by atoms with van der Waals surface area (Å²) in [5, 5.41) is 0. The lowest BCUT2D eigenvalue weighted by Crippen LogP contribution is -2.01. The Morgan fingerprint density at radius 3 is 2.55 bits per heavy atom. The number of carbonyl (C=O) groups excluding carboxylic acids is 1. The zero-order chi connectivity index (χ0) is 14.4. The van der Waals surface area contributed by atoms with Crippen LogP contribution < -0.4 is 4.74 Å². The highest BCUT2D eigenvalue weighted by Gasteiger charge is 2.04. The Morgan fingerprint density at radius 2 is 1.90 bits per heavy atom. The van der Waals surface area contributed by atoms with Gasteiger partial charge < -0.3 is 4.74 Å². The largest absolute Gasteiger partial charge is 0.427 e. The Bertz CT molecular complexity index is 579. The molecule has 2 rings (SSSR count). The highest BCUT2D eigenvalue weighted by atomic mass is 32.2. The van der Waals surface area contributed by atoms with E-state index in [2.05, 4.69) is 24.3 Å². The SMILES string of the molecule is CC(=O)Oc1ccc(SCCc2ccccc2)c(C)c1. The molecule has 0 fully saturated rings. The molecule has 0 bridgehead atoms. The van der Waals surface area contributed by atoms with Crippen LogP contribution in [0.3, 0.4) is 0 Å². The molecule has 0 amide bonds. The summed E-state index contributed by atoms with van der Waals surface area (Å²) in [6.07, 6.45) is 1.05. The number of hydrogen-bond acceptors (Lipinski definition) is 3. The van der Waals surface area contributed by atoms with Gasteiger partial charge >= 0.3 is 5.97 Å². The average molecular weight is 286 g/mol. The summed E-state index contributed by atoms with van der Waals surface area (Å²) in [4.78, 5) is 12.1. The van der Waals surface area contributed by atoms with Crippen molar-refractivity contribution in [3.63, 3.8) is 0 Å². The fourth-order valence-corrected chi connectivity index (χ4v) is 2.95. The zero-order valence-corrected chi connectivity index (χ0v) is 12.6. The Labute approximate surface area is 124 Å². The molecule has 2 nitrogen and oxygen atoms in total. The molecule has 20 heavy (non-hydrogen) atoms. The molecule has 0 heterocycles. The lowest BCUT2D eigenvalue weighted by Gasteiger charge is -2.08. The fraction of sp³-hybridized carbons (Fsp3) is 0.235. The van der Waals surface area contributed by atoms with Gasteiger partial charge in [0.05, 0.1) is 0 Å². The van der Waals surface area contributed by atoms with E-state index in [1.807, 2.05) is 43.0 Å². The summed E-state index contributed by atoms with van der Waals surface area (Å²) >= 11 is 1.83. The average Bonchev–Trinajstić information content (AvgIpc) is 2.42. The fourth-order valence-electron chi connectivity index (χ4n) is 1.94. The lowest BCUT2D eigenvalue weighted by molar-refractivity contribution is -0.131. The van der Waals surface area contributed by atoms with Crippen molar-refractivity contribution < 1.29 is 9.53 Å². The smallest absolute Gasteiger partial charge is 0.308 e. The van der Waals surface area contributed by atoms with Crippen molar-refractivity contribution in [1.82, 2.24) is 0 Å². The van der Waals surface area contributed by atoms with Gasteiger partial charge in [-0.25, -0.2) is 0 Å². The molecule has 0 aliphatic carbocycles. The van der Waals surface area contributed by atoms with Crippen LogP contribution in [0.2, 0.25) is 0 Å². The maximum atomic E-state index is 10.9. The summed E-state index contributed by atoms with van der Waals surface area (Å²) < 4.78 is 5.08. The van der Waals surface area contributed by atoms with E-state index < -0.39 is 0 Å². The maximum Gasteiger partial charge on any atom is 0.308 e. The second kappa shape index (κ2) is 7.15. The van der Waals surface area contributed by atoms with Crippen molar-refractivity contribution in [2.75, 3.05) is 5.75 Å². The predicted molar refractivity (Wildman–Crippen MR) is 83.4 cm³/mol. The van der Waals surface area contributed by atoms with E-state index in [0.29, 0.717) is 5.75 Å². The molecular weight excluding hydrogens is 268 g/mol. The topological polar surface area (TPSA) is 26.3 Å². The number of aryl methyl sites for hydroxylation is 2. The van der Waals surface area contributed by atoms with Crippen LogP contribution in [0.25, 0.3) is 0 Å². The van der Waals surface area contributed by atoms with Gasteiger partial charge in [0, 0.05) is 17.6 Å². The first-order valence-corrected chi connectivity index (χ1v) is 7.59. The first-order valence-electron chi connectivity index (χ1n) is 6.61. The quantitative estimate of drug-likeness (QED) is 0.467. The van der Waals surface area contributed by atoms with Crippen LogP contribution in [-0.2, 0) is 11.2 Å². The van der Waals surface area contributed by atoms with E-state index in [-0.39, 0.29) is 5.97 Å². The van der Waals surface area contributed by atoms with Gasteiger partial charge in [-0.1, -0.05) is 30.3 Å². The van der Waals surface area contributed by atoms with Crippen molar-refractivity contribution in [3.8, 4) is 5.75 Å².